The molecule has 0 aliphatic rings. The molecule has 1 rings (SSSR count). The van der Waals surface area contributed by atoms with Crippen LogP contribution in [0, 0.1) is 10.1 Å². The van der Waals surface area contributed by atoms with E-state index in [9.17, 15) is 24.8 Å². The van der Waals surface area contributed by atoms with Crippen LogP contribution in [0.15, 0.2) is 18.2 Å². The SMILES string of the molecule is CC(C)(C)OC(=O)N[C@@H](Cc1ccc(N)c([N+](=O)[O-])c1)C(=O)O. The van der Waals surface area contributed by atoms with Crippen LogP contribution in [0.5, 0.6) is 0 Å². The van der Waals surface area contributed by atoms with E-state index < -0.39 is 28.6 Å². The molecule has 0 fully saturated rings. The third-order valence-electron chi connectivity index (χ3n) is 2.72. The van der Waals surface area contributed by atoms with Gasteiger partial charge in [-0.1, -0.05) is 6.07 Å². The molecule has 1 aromatic rings. The van der Waals surface area contributed by atoms with Crippen molar-refractivity contribution in [2.45, 2.75) is 38.8 Å². The Hall–Kier alpha value is -2.84. The zero-order chi connectivity index (χ0) is 17.8. The van der Waals surface area contributed by atoms with E-state index in [4.69, 9.17) is 10.5 Å². The van der Waals surface area contributed by atoms with Crippen LogP contribution in [0.1, 0.15) is 26.3 Å². The normalized spacial score (nSPS) is 12.3. The van der Waals surface area contributed by atoms with Crippen molar-refractivity contribution < 1.29 is 24.4 Å². The van der Waals surface area contributed by atoms with Gasteiger partial charge in [-0.3, -0.25) is 10.1 Å². The summed E-state index contributed by atoms with van der Waals surface area (Å²) in [5.41, 5.74) is 4.73. The molecule has 23 heavy (non-hydrogen) atoms. The van der Waals surface area contributed by atoms with Gasteiger partial charge >= 0.3 is 12.1 Å². The number of benzene rings is 1. The summed E-state index contributed by atoms with van der Waals surface area (Å²) >= 11 is 0. The number of aliphatic carboxylic acids is 1. The molecule has 1 amide bonds. The fourth-order valence-corrected chi connectivity index (χ4v) is 1.76. The van der Waals surface area contributed by atoms with Gasteiger partial charge in [0.2, 0.25) is 0 Å². The van der Waals surface area contributed by atoms with E-state index in [1.54, 1.807) is 20.8 Å². The Morgan fingerprint density at radius 1 is 1.43 bits per heavy atom. The average molecular weight is 325 g/mol. The van der Waals surface area contributed by atoms with Gasteiger partial charge in [0.05, 0.1) is 4.92 Å². The third kappa shape index (κ3) is 5.81. The fourth-order valence-electron chi connectivity index (χ4n) is 1.76. The Morgan fingerprint density at radius 3 is 2.52 bits per heavy atom. The first kappa shape index (κ1) is 18.2. The number of anilines is 1. The molecule has 0 unspecified atom stereocenters. The highest BCUT2D eigenvalue weighted by molar-refractivity contribution is 5.80. The number of nitrogens with zero attached hydrogens (tertiary/aromatic N) is 1. The van der Waals surface area contributed by atoms with Gasteiger partial charge in [-0.2, -0.15) is 0 Å². The van der Waals surface area contributed by atoms with Crippen molar-refractivity contribution in [1.29, 1.82) is 0 Å². The molecule has 1 atom stereocenters. The lowest BCUT2D eigenvalue weighted by Gasteiger charge is -2.22. The smallest absolute Gasteiger partial charge is 0.408 e. The first-order valence-corrected chi connectivity index (χ1v) is 6.74. The number of nitrogens with two attached hydrogens (primary N) is 1. The summed E-state index contributed by atoms with van der Waals surface area (Å²) in [5, 5.41) is 22.3. The largest absolute Gasteiger partial charge is 0.480 e. The quantitative estimate of drug-likeness (QED) is 0.424. The average Bonchev–Trinajstić information content (AvgIpc) is 2.37. The Bertz CT molecular complexity index is 623. The van der Waals surface area contributed by atoms with Gasteiger partial charge in [0, 0.05) is 12.5 Å². The van der Waals surface area contributed by atoms with Crippen LogP contribution in [0.25, 0.3) is 0 Å². The molecule has 4 N–H and O–H groups in total. The molecule has 0 saturated carbocycles. The summed E-state index contributed by atoms with van der Waals surface area (Å²) in [5.74, 6) is -1.28. The molecule has 0 radical (unpaired) electrons. The van der Waals surface area contributed by atoms with Gasteiger partial charge in [-0.25, -0.2) is 9.59 Å². The molecule has 0 aliphatic carbocycles. The third-order valence-corrected chi connectivity index (χ3v) is 2.72. The number of carboxylic acids is 1. The van der Waals surface area contributed by atoms with Crippen molar-refractivity contribution >= 4 is 23.4 Å². The van der Waals surface area contributed by atoms with E-state index in [2.05, 4.69) is 5.32 Å². The number of carbonyl (C=O) groups excluding carboxylic acids is 1. The van der Waals surface area contributed by atoms with Crippen LogP contribution in [-0.2, 0) is 16.0 Å². The molecule has 1 aromatic carbocycles. The van der Waals surface area contributed by atoms with Crippen LogP contribution in [0.3, 0.4) is 0 Å². The zero-order valence-corrected chi connectivity index (χ0v) is 13.0. The molecule has 0 spiro atoms. The minimum absolute atomic E-state index is 0.0225. The molecule has 0 aromatic heterocycles. The molecule has 9 heteroatoms. The Kier molecular flexibility index (Phi) is 5.50. The van der Waals surface area contributed by atoms with Crippen molar-refractivity contribution in [3.8, 4) is 0 Å². The zero-order valence-electron chi connectivity index (χ0n) is 13.0. The van der Waals surface area contributed by atoms with E-state index in [1.807, 2.05) is 0 Å². The lowest BCUT2D eigenvalue weighted by molar-refractivity contribution is -0.384. The van der Waals surface area contributed by atoms with Gasteiger partial charge in [-0.05, 0) is 32.4 Å². The van der Waals surface area contributed by atoms with Crippen LogP contribution in [0.2, 0.25) is 0 Å². The second-order valence-electron chi connectivity index (χ2n) is 5.89. The number of ether oxygens (including phenoxy) is 1. The number of amides is 1. The molecule has 9 nitrogen and oxygen atoms in total. The van der Waals surface area contributed by atoms with Gasteiger partial charge in [0.1, 0.15) is 17.3 Å². The van der Waals surface area contributed by atoms with E-state index >= 15 is 0 Å². The van der Waals surface area contributed by atoms with Gasteiger partial charge in [0.15, 0.2) is 0 Å². The van der Waals surface area contributed by atoms with E-state index in [-0.39, 0.29) is 17.8 Å². The van der Waals surface area contributed by atoms with Gasteiger partial charge in [0.25, 0.3) is 5.69 Å². The predicted molar refractivity (Wildman–Crippen MR) is 82.0 cm³/mol. The second kappa shape index (κ2) is 6.95. The number of nitro benzene ring substituents is 1. The Morgan fingerprint density at radius 2 is 2.04 bits per heavy atom. The monoisotopic (exact) mass is 325 g/mol. The summed E-state index contributed by atoms with van der Waals surface area (Å²) in [7, 11) is 0. The van der Waals surface area contributed by atoms with Crippen molar-refractivity contribution in [2.75, 3.05) is 5.73 Å². The van der Waals surface area contributed by atoms with E-state index in [1.165, 1.54) is 18.2 Å². The number of rotatable bonds is 5. The lowest BCUT2D eigenvalue weighted by atomic mass is 10.0. The number of nitrogen functional groups attached to an aromatic ring is 1. The number of carbonyl (C=O) groups is 2. The van der Waals surface area contributed by atoms with Crippen LogP contribution >= 0.6 is 0 Å². The number of hydrogen-bond acceptors (Lipinski definition) is 6. The molecular weight excluding hydrogens is 306 g/mol. The maximum Gasteiger partial charge on any atom is 0.408 e. The maximum absolute atomic E-state index is 11.7. The molecule has 0 heterocycles. The van der Waals surface area contributed by atoms with Crippen molar-refractivity contribution in [3.63, 3.8) is 0 Å². The Balaban J connectivity index is 2.89. The highest BCUT2D eigenvalue weighted by Crippen LogP contribution is 2.23. The van der Waals surface area contributed by atoms with Gasteiger partial charge in [-0.15, -0.1) is 0 Å². The summed E-state index contributed by atoms with van der Waals surface area (Å²) in [4.78, 5) is 33.1. The van der Waals surface area contributed by atoms with Gasteiger partial charge < -0.3 is 20.9 Å². The summed E-state index contributed by atoms with van der Waals surface area (Å²) in [6, 6.07) is 2.69. The standard InChI is InChI=1S/C14H19N3O6/c1-14(2,3)23-13(20)16-10(12(18)19)6-8-4-5-9(15)11(7-8)17(21)22/h4-5,7,10H,6,15H2,1-3H3,(H,16,20)(H,18,19)/t10-/m0/s1. The molecule has 0 saturated heterocycles. The summed E-state index contributed by atoms with van der Waals surface area (Å²) < 4.78 is 5.00. The van der Waals surface area contributed by atoms with E-state index in [0.29, 0.717) is 5.56 Å². The van der Waals surface area contributed by atoms with E-state index in [0.717, 1.165) is 0 Å². The molecule has 0 aliphatic heterocycles. The minimum atomic E-state index is -1.28. The number of carboxylic acid groups (broad SMARTS) is 1. The van der Waals surface area contributed by atoms with Crippen molar-refractivity contribution in [2.24, 2.45) is 0 Å². The van der Waals surface area contributed by atoms with Crippen LogP contribution in [0.4, 0.5) is 16.2 Å². The summed E-state index contributed by atoms with van der Waals surface area (Å²) in [6.07, 6.45) is -1.02. The number of alkyl carbamates (subject to hydrolysis) is 1. The van der Waals surface area contributed by atoms with Crippen LogP contribution < -0.4 is 11.1 Å². The van der Waals surface area contributed by atoms with Crippen LogP contribution in [-0.4, -0.2) is 33.7 Å². The number of hydrogen-bond donors (Lipinski definition) is 3. The maximum atomic E-state index is 11.7. The molecular formula is C14H19N3O6. The minimum Gasteiger partial charge on any atom is -0.480 e. The first-order valence-electron chi connectivity index (χ1n) is 6.74. The highest BCUT2D eigenvalue weighted by Gasteiger charge is 2.25. The fraction of sp³-hybridized carbons (Fsp3) is 0.429. The topological polar surface area (TPSA) is 145 Å². The number of nitrogens with one attached hydrogen (secondary N) is 1. The molecule has 126 valence electrons. The van der Waals surface area contributed by atoms with Crippen molar-refractivity contribution in [3.05, 3.63) is 33.9 Å². The first-order chi connectivity index (χ1) is 10.5. The number of nitro groups is 1. The lowest BCUT2D eigenvalue weighted by Crippen LogP contribution is -2.44. The second-order valence-corrected chi connectivity index (χ2v) is 5.89. The summed E-state index contributed by atoms with van der Waals surface area (Å²) in [6.45, 7) is 4.93. The predicted octanol–water partition coefficient (Wildman–Crippen LogP) is 1.70. The Labute approximate surface area is 132 Å². The highest BCUT2D eigenvalue weighted by atomic mass is 16.6. The van der Waals surface area contributed by atoms with Crippen molar-refractivity contribution in [1.82, 2.24) is 5.32 Å². The molecule has 0 bridgehead atoms.